The normalized spacial score (nSPS) is 11.0. The molecule has 0 aliphatic rings. The topological polar surface area (TPSA) is 35.5 Å². The van der Waals surface area contributed by atoms with Gasteiger partial charge in [-0.25, -0.2) is 0 Å². The molecule has 120 valence electrons. The van der Waals surface area contributed by atoms with Crippen molar-refractivity contribution in [3.8, 4) is 11.5 Å². The Balaban J connectivity index is 2.21. The third kappa shape index (κ3) is 4.01. The van der Waals surface area contributed by atoms with Crippen LogP contribution >= 0.6 is 0 Å². The number of carbonyl (C=O) groups is 1. The highest BCUT2D eigenvalue weighted by atomic mass is 16.5. The maximum Gasteiger partial charge on any atom is 0.185 e. The van der Waals surface area contributed by atoms with Crippen molar-refractivity contribution in [2.24, 2.45) is 0 Å². The zero-order chi connectivity index (χ0) is 16.8. The fraction of sp³-hybridized carbons (Fsp3) is 0.250. The van der Waals surface area contributed by atoms with Gasteiger partial charge in [-0.15, -0.1) is 0 Å². The van der Waals surface area contributed by atoms with Crippen LogP contribution in [0.25, 0.3) is 6.08 Å². The molecule has 0 heterocycles. The van der Waals surface area contributed by atoms with E-state index in [0.29, 0.717) is 23.0 Å². The van der Waals surface area contributed by atoms with Crippen LogP contribution in [0.5, 0.6) is 11.5 Å². The van der Waals surface area contributed by atoms with Gasteiger partial charge in [0.25, 0.3) is 0 Å². The third-order valence-electron chi connectivity index (χ3n) is 3.71. The second kappa shape index (κ2) is 7.63. The molecule has 0 saturated heterocycles. The first-order chi connectivity index (χ1) is 11.1. The van der Waals surface area contributed by atoms with Gasteiger partial charge in [0.15, 0.2) is 17.3 Å². The van der Waals surface area contributed by atoms with Gasteiger partial charge >= 0.3 is 0 Å². The summed E-state index contributed by atoms with van der Waals surface area (Å²) in [6.07, 6.45) is 3.31. The van der Waals surface area contributed by atoms with Crippen molar-refractivity contribution >= 4 is 11.9 Å². The Bertz CT molecular complexity index is 697. The molecule has 0 amide bonds. The molecule has 2 aromatic rings. The van der Waals surface area contributed by atoms with Crippen LogP contribution < -0.4 is 9.47 Å². The van der Waals surface area contributed by atoms with Crippen LogP contribution in [-0.2, 0) is 0 Å². The van der Waals surface area contributed by atoms with Gasteiger partial charge in [-0.2, -0.15) is 0 Å². The Morgan fingerprint density at radius 3 is 2.26 bits per heavy atom. The molecule has 0 fully saturated rings. The van der Waals surface area contributed by atoms with Crippen LogP contribution in [0, 0.1) is 0 Å². The molecule has 3 nitrogen and oxygen atoms in total. The Kier molecular flexibility index (Phi) is 5.58. The fourth-order valence-corrected chi connectivity index (χ4v) is 2.34. The molecule has 0 saturated carbocycles. The first-order valence-corrected chi connectivity index (χ1v) is 7.60. The van der Waals surface area contributed by atoms with E-state index in [1.807, 2.05) is 42.5 Å². The van der Waals surface area contributed by atoms with Gasteiger partial charge in [0.1, 0.15) is 0 Å². The summed E-state index contributed by atoms with van der Waals surface area (Å²) in [5, 5.41) is 0. The van der Waals surface area contributed by atoms with Gasteiger partial charge in [-0.3, -0.25) is 4.79 Å². The SMILES string of the molecule is COc1cccc(/C=C/C(=O)c2ccc(C(C)C)cc2)c1OC. The summed E-state index contributed by atoms with van der Waals surface area (Å²) >= 11 is 0. The molecule has 0 aliphatic heterocycles. The summed E-state index contributed by atoms with van der Waals surface area (Å²) in [5.74, 6) is 1.68. The maximum atomic E-state index is 12.3. The van der Waals surface area contributed by atoms with Crippen LogP contribution in [0.15, 0.2) is 48.5 Å². The highest BCUT2D eigenvalue weighted by Gasteiger charge is 2.08. The molecule has 0 N–H and O–H groups in total. The zero-order valence-electron chi connectivity index (χ0n) is 14.0. The highest BCUT2D eigenvalue weighted by molar-refractivity contribution is 6.07. The molecule has 23 heavy (non-hydrogen) atoms. The monoisotopic (exact) mass is 310 g/mol. The summed E-state index contributed by atoms with van der Waals surface area (Å²) in [6.45, 7) is 4.26. The number of ether oxygens (including phenoxy) is 2. The summed E-state index contributed by atoms with van der Waals surface area (Å²) < 4.78 is 10.6. The quantitative estimate of drug-likeness (QED) is 0.572. The van der Waals surface area contributed by atoms with Gasteiger partial charge < -0.3 is 9.47 Å². The molecular formula is C20H22O3. The number of hydrogen-bond donors (Lipinski definition) is 0. The van der Waals surface area contributed by atoms with Crippen molar-refractivity contribution in [1.29, 1.82) is 0 Å². The van der Waals surface area contributed by atoms with E-state index in [4.69, 9.17) is 9.47 Å². The van der Waals surface area contributed by atoms with E-state index in [1.165, 1.54) is 5.56 Å². The van der Waals surface area contributed by atoms with Crippen LogP contribution in [0.4, 0.5) is 0 Å². The Morgan fingerprint density at radius 2 is 1.70 bits per heavy atom. The molecule has 0 radical (unpaired) electrons. The van der Waals surface area contributed by atoms with E-state index >= 15 is 0 Å². The lowest BCUT2D eigenvalue weighted by Crippen LogP contribution is -1.96. The number of benzene rings is 2. The predicted octanol–water partition coefficient (Wildman–Crippen LogP) is 4.72. The maximum absolute atomic E-state index is 12.3. The third-order valence-corrected chi connectivity index (χ3v) is 3.71. The molecule has 2 rings (SSSR count). The first-order valence-electron chi connectivity index (χ1n) is 7.60. The molecule has 0 unspecified atom stereocenters. The van der Waals surface area contributed by atoms with Crippen LogP contribution in [-0.4, -0.2) is 20.0 Å². The van der Waals surface area contributed by atoms with Crippen LogP contribution in [0.1, 0.15) is 41.3 Å². The van der Waals surface area contributed by atoms with Crippen molar-refractivity contribution in [2.45, 2.75) is 19.8 Å². The molecule has 0 bridgehead atoms. The Hall–Kier alpha value is -2.55. The second-order valence-corrected chi connectivity index (χ2v) is 5.56. The van der Waals surface area contributed by atoms with E-state index in [0.717, 1.165) is 5.56 Å². The summed E-state index contributed by atoms with van der Waals surface area (Å²) in [7, 11) is 3.18. The standard InChI is InChI=1S/C20H22O3/c1-14(2)15-8-10-16(11-9-15)18(21)13-12-17-6-5-7-19(22-3)20(17)23-4/h5-14H,1-4H3/b13-12+. The molecule has 2 aromatic carbocycles. The van der Waals surface area contributed by atoms with Gasteiger partial charge in [-0.05, 0) is 29.7 Å². The number of hydrogen-bond acceptors (Lipinski definition) is 3. The van der Waals surface area contributed by atoms with Crippen molar-refractivity contribution in [2.75, 3.05) is 14.2 Å². The van der Waals surface area contributed by atoms with Gasteiger partial charge in [0, 0.05) is 11.1 Å². The minimum absolute atomic E-state index is 0.0369. The molecule has 0 atom stereocenters. The van der Waals surface area contributed by atoms with E-state index < -0.39 is 0 Å². The number of carbonyl (C=O) groups excluding carboxylic acids is 1. The number of rotatable bonds is 6. The molecular weight excluding hydrogens is 288 g/mol. The van der Waals surface area contributed by atoms with Gasteiger partial charge in [-0.1, -0.05) is 50.2 Å². The van der Waals surface area contributed by atoms with Crippen LogP contribution in [0.3, 0.4) is 0 Å². The number of ketones is 1. The van der Waals surface area contributed by atoms with Crippen molar-refractivity contribution < 1.29 is 14.3 Å². The lowest BCUT2D eigenvalue weighted by Gasteiger charge is -2.09. The second-order valence-electron chi connectivity index (χ2n) is 5.56. The van der Waals surface area contributed by atoms with Crippen molar-refractivity contribution in [1.82, 2.24) is 0 Å². The molecule has 3 heteroatoms. The van der Waals surface area contributed by atoms with Gasteiger partial charge in [0.05, 0.1) is 14.2 Å². The summed E-state index contributed by atoms with van der Waals surface area (Å²) in [5.41, 5.74) is 2.70. The summed E-state index contributed by atoms with van der Waals surface area (Å²) in [4.78, 5) is 12.3. The van der Waals surface area contributed by atoms with E-state index in [1.54, 1.807) is 26.4 Å². The lowest BCUT2D eigenvalue weighted by atomic mass is 10.0. The smallest absolute Gasteiger partial charge is 0.185 e. The van der Waals surface area contributed by atoms with E-state index in [9.17, 15) is 4.79 Å². The van der Waals surface area contributed by atoms with Crippen LogP contribution in [0.2, 0.25) is 0 Å². The minimum Gasteiger partial charge on any atom is -0.493 e. The van der Waals surface area contributed by atoms with Crippen molar-refractivity contribution in [3.05, 3.63) is 65.2 Å². The molecule has 0 aromatic heterocycles. The highest BCUT2D eigenvalue weighted by Crippen LogP contribution is 2.31. The molecule has 0 spiro atoms. The number of allylic oxidation sites excluding steroid dienone is 1. The average Bonchev–Trinajstić information content (AvgIpc) is 2.59. The minimum atomic E-state index is -0.0369. The average molecular weight is 310 g/mol. The number of para-hydroxylation sites is 1. The molecule has 0 aliphatic carbocycles. The summed E-state index contributed by atoms with van der Waals surface area (Å²) in [6, 6.07) is 13.3. The fourth-order valence-electron chi connectivity index (χ4n) is 2.34. The first kappa shape index (κ1) is 16.8. The van der Waals surface area contributed by atoms with Gasteiger partial charge in [0.2, 0.25) is 0 Å². The van der Waals surface area contributed by atoms with E-state index in [2.05, 4.69) is 13.8 Å². The lowest BCUT2D eigenvalue weighted by molar-refractivity contribution is 0.104. The van der Waals surface area contributed by atoms with E-state index in [-0.39, 0.29) is 5.78 Å². The zero-order valence-corrected chi connectivity index (χ0v) is 14.0. The predicted molar refractivity (Wildman–Crippen MR) is 93.4 cm³/mol. The number of methoxy groups -OCH3 is 2. The Labute approximate surface area is 137 Å². The van der Waals surface area contributed by atoms with Crippen molar-refractivity contribution in [3.63, 3.8) is 0 Å². The Morgan fingerprint density at radius 1 is 1.00 bits per heavy atom. The largest absolute Gasteiger partial charge is 0.493 e.